The van der Waals surface area contributed by atoms with Crippen LogP contribution in [0.25, 0.3) is 21.9 Å². The largest absolute Gasteiger partial charge is 0.491 e. The summed E-state index contributed by atoms with van der Waals surface area (Å²) >= 11 is 0. The van der Waals surface area contributed by atoms with Gasteiger partial charge in [-0.15, -0.1) is 0 Å². The van der Waals surface area contributed by atoms with E-state index in [1.807, 2.05) is 48.7 Å². The highest BCUT2D eigenvalue weighted by atomic mass is 16.5. The van der Waals surface area contributed by atoms with Gasteiger partial charge in [-0.3, -0.25) is 13.9 Å². The molecule has 9 heteroatoms. The molecule has 0 unspecified atom stereocenters. The smallest absolute Gasteiger partial charge is 0.328 e. The molecular weight excluding hydrogens is 484 g/mol. The number of aliphatic carboxylic acids is 1. The lowest BCUT2D eigenvalue weighted by atomic mass is 10.0. The van der Waals surface area contributed by atoms with Crippen LogP contribution in [0.5, 0.6) is 5.75 Å². The molecule has 5 rings (SSSR count). The molecule has 2 aromatic heterocycles. The van der Waals surface area contributed by atoms with Crippen molar-refractivity contribution in [2.24, 2.45) is 14.1 Å². The molecule has 4 N–H and O–H groups in total. The highest BCUT2D eigenvalue weighted by Gasteiger charge is 2.19. The second-order valence-corrected chi connectivity index (χ2v) is 9.45. The standard InChI is InChI=1S/C29H30N4O5/c1-32-25-12-9-19(14-26(25)33(2)29(32)37)27(34)17-38-21-10-7-18(8-11-21)15-30-24(28(35)36)13-20-16-31-23-6-4-3-5-22(20)23/h3-12,14,16,24,27,30-31,34H,13,15,17H2,1-2H3,(H,35,36)/t24-,27-/m0/s1. The topological polar surface area (TPSA) is 122 Å². The highest BCUT2D eigenvalue weighted by Crippen LogP contribution is 2.22. The van der Waals surface area contributed by atoms with Crippen LogP contribution in [0.1, 0.15) is 22.8 Å². The number of carboxylic acid groups (broad SMARTS) is 1. The Hall–Kier alpha value is -4.34. The van der Waals surface area contributed by atoms with E-state index in [0.29, 0.717) is 24.3 Å². The Morgan fingerprint density at radius 1 is 1.03 bits per heavy atom. The molecule has 5 aromatic rings. The normalized spacial score (nSPS) is 13.1. The molecule has 0 saturated carbocycles. The number of imidazole rings is 1. The van der Waals surface area contributed by atoms with Crippen molar-refractivity contribution >= 4 is 27.9 Å². The molecule has 0 spiro atoms. The van der Waals surface area contributed by atoms with Crippen LogP contribution in [-0.4, -0.2) is 42.9 Å². The van der Waals surface area contributed by atoms with Gasteiger partial charge >= 0.3 is 11.7 Å². The van der Waals surface area contributed by atoms with Gasteiger partial charge in [0.15, 0.2) is 0 Å². The number of aliphatic hydroxyl groups excluding tert-OH is 1. The van der Waals surface area contributed by atoms with Gasteiger partial charge in [-0.1, -0.05) is 36.4 Å². The van der Waals surface area contributed by atoms with Crippen LogP contribution < -0.4 is 15.7 Å². The summed E-state index contributed by atoms with van der Waals surface area (Å²) < 4.78 is 8.90. The Morgan fingerprint density at radius 2 is 1.76 bits per heavy atom. The fourth-order valence-electron chi connectivity index (χ4n) is 4.71. The molecule has 0 fully saturated rings. The summed E-state index contributed by atoms with van der Waals surface area (Å²) in [6.45, 7) is 0.438. The second kappa shape index (κ2) is 10.6. The van der Waals surface area contributed by atoms with E-state index in [1.165, 1.54) is 0 Å². The van der Waals surface area contributed by atoms with Crippen LogP contribution in [0.4, 0.5) is 0 Å². The molecule has 0 amide bonds. The third kappa shape index (κ3) is 5.06. The number of carbonyl (C=O) groups is 1. The van der Waals surface area contributed by atoms with E-state index >= 15 is 0 Å². The number of carboxylic acids is 1. The van der Waals surface area contributed by atoms with Crippen molar-refractivity contribution in [1.82, 2.24) is 19.4 Å². The summed E-state index contributed by atoms with van der Waals surface area (Å²) in [6.07, 6.45) is 1.36. The van der Waals surface area contributed by atoms with E-state index in [4.69, 9.17) is 4.74 Å². The number of benzene rings is 3. The van der Waals surface area contributed by atoms with Gasteiger partial charge in [0.05, 0.1) is 11.0 Å². The minimum Gasteiger partial charge on any atom is -0.491 e. The lowest BCUT2D eigenvalue weighted by Crippen LogP contribution is -2.38. The predicted octanol–water partition coefficient (Wildman–Crippen LogP) is 3.26. The average Bonchev–Trinajstić information content (AvgIpc) is 3.44. The molecule has 9 nitrogen and oxygen atoms in total. The molecule has 2 atom stereocenters. The predicted molar refractivity (Wildman–Crippen MR) is 145 cm³/mol. The summed E-state index contributed by atoms with van der Waals surface area (Å²) in [5, 5.41) is 24.5. The first-order valence-corrected chi connectivity index (χ1v) is 12.4. The van der Waals surface area contributed by atoms with Gasteiger partial charge in [0.25, 0.3) is 0 Å². The molecule has 0 radical (unpaired) electrons. The van der Waals surface area contributed by atoms with Gasteiger partial charge in [-0.2, -0.15) is 0 Å². The number of aromatic nitrogens is 3. The molecule has 0 aliphatic carbocycles. The molecule has 196 valence electrons. The zero-order valence-corrected chi connectivity index (χ0v) is 21.2. The van der Waals surface area contributed by atoms with E-state index in [-0.39, 0.29) is 12.3 Å². The van der Waals surface area contributed by atoms with Gasteiger partial charge in [-0.25, -0.2) is 4.79 Å². The Balaban J connectivity index is 1.17. The minimum atomic E-state index is -0.905. The summed E-state index contributed by atoms with van der Waals surface area (Å²) in [6, 6.07) is 19.8. The lowest BCUT2D eigenvalue weighted by Gasteiger charge is -2.15. The number of fused-ring (bicyclic) bond motifs is 2. The number of para-hydroxylation sites is 1. The first kappa shape index (κ1) is 25.3. The van der Waals surface area contributed by atoms with Crippen LogP contribution >= 0.6 is 0 Å². The molecule has 2 heterocycles. The number of hydrogen-bond acceptors (Lipinski definition) is 5. The number of aryl methyl sites for hydroxylation is 2. The molecule has 38 heavy (non-hydrogen) atoms. The van der Waals surface area contributed by atoms with E-state index in [9.17, 15) is 19.8 Å². The number of nitrogens with one attached hydrogen (secondary N) is 2. The Morgan fingerprint density at radius 3 is 2.53 bits per heavy atom. The van der Waals surface area contributed by atoms with Crippen molar-refractivity contribution in [3.63, 3.8) is 0 Å². The second-order valence-electron chi connectivity index (χ2n) is 9.45. The van der Waals surface area contributed by atoms with Crippen molar-refractivity contribution in [2.75, 3.05) is 6.61 Å². The maximum atomic E-state index is 12.1. The van der Waals surface area contributed by atoms with Gasteiger partial charge in [-0.05, 0) is 47.0 Å². The zero-order chi connectivity index (χ0) is 26.8. The van der Waals surface area contributed by atoms with E-state index in [2.05, 4.69) is 10.3 Å². The van der Waals surface area contributed by atoms with Crippen molar-refractivity contribution in [1.29, 1.82) is 0 Å². The number of ether oxygens (including phenoxy) is 1. The van der Waals surface area contributed by atoms with E-state index < -0.39 is 18.1 Å². The number of H-pyrrole nitrogens is 1. The minimum absolute atomic E-state index is 0.0512. The number of aromatic amines is 1. The van der Waals surface area contributed by atoms with Gasteiger partial charge in [0, 0.05) is 44.2 Å². The molecule has 0 saturated heterocycles. The maximum Gasteiger partial charge on any atom is 0.328 e. The first-order valence-electron chi connectivity index (χ1n) is 12.4. The van der Waals surface area contributed by atoms with Crippen LogP contribution in [-0.2, 0) is 31.9 Å². The molecule has 3 aromatic carbocycles. The summed E-state index contributed by atoms with van der Waals surface area (Å²) in [5.41, 5.74) is 4.94. The zero-order valence-electron chi connectivity index (χ0n) is 21.2. The highest BCUT2D eigenvalue weighted by molar-refractivity contribution is 5.84. The van der Waals surface area contributed by atoms with E-state index in [1.54, 1.807) is 47.5 Å². The molecule has 0 bridgehead atoms. The summed E-state index contributed by atoms with van der Waals surface area (Å²) in [7, 11) is 3.42. The summed E-state index contributed by atoms with van der Waals surface area (Å²) in [4.78, 5) is 27.2. The van der Waals surface area contributed by atoms with Crippen molar-refractivity contribution in [3.05, 3.63) is 100 Å². The molecule has 0 aliphatic heterocycles. The number of hydrogen-bond donors (Lipinski definition) is 4. The quantitative estimate of drug-likeness (QED) is 0.227. The van der Waals surface area contributed by atoms with Crippen molar-refractivity contribution < 1.29 is 19.7 Å². The van der Waals surface area contributed by atoms with Crippen molar-refractivity contribution in [2.45, 2.75) is 25.1 Å². The van der Waals surface area contributed by atoms with E-state index in [0.717, 1.165) is 33.1 Å². The number of nitrogens with zero attached hydrogens (tertiary/aromatic N) is 2. The molecule has 0 aliphatic rings. The van der Waals surface area contributed by atoms with Crippen molar-refractivity contribution in [3.8, 4) is 5.75 Å². The number of aliphatic hydroxyl groups is 1. The fraction of sp³-hybridized carbons (Fsp3) is 0.241. The Bertz CT molecular complexity index is 1650. The lowest BCUT2D eigenvalue weighted by molar-refractivity contribution is -0.139. The van der Waals surface area contributed by atoms with Gasteiger partial charge in [0.1, 0.15) is 24.5 Å². The third-order valence-corrected chi connectivity index (χ3v) is 6.96. The maximum absolute atomic E-state index is 12.1. The van der Waals surface area contributed by atoms with Crippen LogP contribution in [0.15, 0.2) is 77.7 Å². The Labute approximate surface area is 218 Å². The fourth-order valence-corrected chi connectivity index (χ4v) is 4.71. The summed E-state index contributed by atoms with van der Waals surface area (Å²) in [5.74, 6) is -0.312. The van der Waals surface area contributed by atoms with Crippen LogP contribution in [0.2, 0.25) is 0 Å². The van der Waals surface area contributed by atoms with Crippen LogP contribution in [0.3, 0.4) is 0 Å². The third-order valence-electron chi connectivity index (χ3n) is 6.96. The monoisotopic (exact) mass is 514 g/mol. The Kier molecular flexibility index (Phi) is 7.04. The first-order chi connectivity index (χ1) is 18.3. The molecular formula is C29H30N4O5. The number of rotatable bonds is 10. The van der Waals surface area contributed by atoms with Gasteiger partial charge < -0.3 is 25.3 Å². The van der Waals surface area contributed by atoms with Crippen LogP contribution in [0, 0.1) is 0 Å². The SMILES string of the molecule is Cn1c(=O)n(C)c2cc([C@@H](O)COc3ccc(CN[C@@H](Cc4c[nH]c5ccccc45)C(=O)O)cc3)ccc21. The van der Waals surface area contributed by atoms with Gasteiger partial charge in [0.2, 0.25) is 0 Å². The average molecular weight is 515 g/mol.